The summed E-state index contributed by atoms with van der Waals surface area (Å²) in [6, 6.07) is 0. The van der Waals surface area contributed by atoms with Gasteiger partial charge in [0.25, 0.3) is 5.92 Å². The van der Waals surface area contributed by atoms with Gasteiger partial charge in [-0.3, -0.25) is 4.79 Å². The minimum atomic E-state index is -2.56. The number of amides is 1. The van der Waals surface area contributed by atoms with Gasteiger partial charge in [-0.1, -0.05) is 13.8 Å². The van der Waals surface area contributed by atoms with Crippen LogP contribution in [0.2, 0.25) is 0 Å². The van der Waals surface area contributed by atoms with Crippen LogP contribution in [0, 0.1) is 17.3 Å². The predicted molar refractivity (Wildman–Crippen MR) is 70.5 cm³/mol. The van der Waals surface area contributed by atoms with Crippen molar-refractivity contribution < 1.29 is 18.3 Å². The standard InChI is InChI=1S/C15H23F2NO2/c1-9(20-10-5-15(16,17)6-10)4-13(19)18-7-11-12(8-18)14(11,2)3/h9-12H,4-8H2,1-3H3/t9-,11?,12?/m1/s1. The predicted octanol–water partition coefficient (Wildman–Crippen LogP) is 2.69. The van der Waals surface area contributed by atoms with Crippen LogP contribution in [0.1, 0.15) is 40.0 Å². The molecule has 20 heavy (non-hydrogen) atoms. The molecule has 0 bridgehead atoms. The van der Waals surface area contributed by atoms with E-state index in [4.69, 9.17) is 4.74 Å². The number of halogens is 2. The zero-order chi connectivity index (χ0) is 14.7. The molecule has 3 aliphatic rings. The van der Waals surface area contributed by atoms with Gasteiger partial charge in [0.2, 0.25) is 5.91 Å². The van der Waals surface area contributed by atoms with Crippen molar-refractivity contribution >= 4 is 5.91 Å². The monoisotopic (exact) mass is 287 g/mol. The molecular formula is C15H23F2NO2. The number of carbonyl (C=O) groups excluding carboxylic acids is 1. The molecule has 3 nitrogen and oxygen atoms in total. The molecule has 3 atom stereocenters. The molecule has 2 unspecified atom stereocenters. The van der Waals surface area contributed by atoms with Crippen LogP contribution in [0.25, 0.3) is 0 Å². The van der Waals surface area contributed by atoms with E-state index in [-0.39, 0.29) is 31.0 Å². The number of piperidine rings is 1. The van der Waals surface area contributed by atoms with Crippen LogP contribution in [-0.2, 0) is 9.53 Å². The molecule has 3 rings (SSSR count). The second-order valence-electron chi connectivity index (χ2n) is 7.37. The van der Waals surface area contributed by atoms with Crippen LogP contribution in [0.5, 0.6) is 0 Å². The summed E-state index contributed by atoms with van der Waals surface area (Å²) in [5, 5.41) is 0. The topological polar surface area (TPSA) is 29.5 Å². The third kappa shape index (κ3) is 2.45. The first-order valence-corrected chi connectivity index (χ1v) is 7.50. The average molecular weight is 287 g/mol. The van der Waals surface area contributed by atoms with Crippen molar-refractivity contribution in [3.05, 3.63) is 0 Å². The first kappa shape index (κ1) is 14.2. The number of hydrogen-bond acceptors (Lipinski definition) is 2. The van der Waals surface area contributed by atoms with Gasteiger partial charge in [-0.05, 0) is 24.2 Å². The van der Waals surface area contributed by atoms with E-state index in [1.807, 2.05) is 4.90 Å². The molecule has 1 amide bonds. The summed E-state index contributed by atoms with van der Waals surface area (Å²) in [5.41, 5.74) is 0.399. The normalized spacial score (nSPS) is 35.4. The first-order valence-electron chi connectivity index (χ1n) is 7.50. The summed E-state index contributed by atoms with van der Waals surface area (Å²) < 4.78 is 30.9. The van der Waals surface area contributed by atoms with E-state index < -0.39 is 5.92 Å². The highest BCUT2D eigenvalue weighted by Gasteiger charge is 2.62. The number of nitrogens with zero attached hydrogens (tertiary/aromatic N) is 1. The molecule has 0 aromatic rings. The molecule has 5 heteroatoms. The number of fused-ring (bicyclic) bond motifs is 1. The van der Waals surface area contributed by atoms with Gasteiger partial charge in [0.15, 0.2) is 0 Å². The molecule has 0 radical (unpaired) electrons. The molecule has 1 heterocycles. The van der Waals surface area contributed by atoms with Crippen molar-refractivity contribution in [3.8, 4) is 0 Å². The first-order chi connectivity index (χ1) is 9.19. The number of hydrogen-bond donors (Lipinski definition) is 0. The Bertz CT molecular complexity index is 402. The number of alkyl halides is 2. The molecule has 2 saturated carbocycles. The van der Waals surface area contributed by atoms with E-state index in [1.165, 1.54) is 0 Å². The third-order valence-electron chi connectivity index (χ3n) is 5.41. The van der Waals surface area contributed by atoms with Crippen LogP contribution in [0.4, 0.5) is 8.78 Å². The minimum Gasteiger partial charge on any atom is -0.374 e. The molecule has 1 aliphatic heterocycles. The second kappa shape index (κ2) is 4.39. The lowest BCUT2D eigenvalue weighted by atomic mass is 9.91. The summed E-state index contributed by atoms with van der Waals surface area (Å²) in [6.07, 6.45) is -0.740. The zero-order valence-corrected chi connectivity index (χ0v) is 12.4. The SMILES string of the molecule is C[C@H](CC(=O)N1CC2C(C1)C2(C)C)OC1CC(F)(F)C1. The van der Waals surface area contributed by atoms with E-state index in [1.54, 1.807) is 6.92 Å². The van der Waals surface area contributed by atoms with Gasteiger partial charge in [0, 0.05) is 25.9 Å². The van der Waals surface area contributed by atoms with Gasteiger partial charge in [-0.15, -0.1) is 0 Å². The van der Waals surface area contributed by atoms with Gasteiger partial charge in [0.05, 0.1) is 18.6 Å². The molecule has 0 spiro atoms. The Morgan fingerprint density at radius 1 is 1.30 bits per heavy atom. The number of rotatable bonds is 4. The fourth-order valence-corrected chi connectivity index (χ4v) is 3.79. The van der Waals surface area contributed by atoms with Gasteiger partial charge >= 0.3 is 0 Å². The fourth-order valence-electron chi connectivity index (χ4n) is 3.79. The zero-order valence-electron chi connectivity index (χ0n) is 12.4. The molecule has 2 aliphatic carbocycles. The number of ether oxygens (including phenoxy) is 1. The van der Waals surface area contributed by atoms with Crippen LogP contribution in [0.3, 0.4) is 0 Å². The number of likely N-dealkylation sites (tertiary alicyclic amines) is 1. The van der Waals surface area contributed by atoms with E-state index >= 15 is 0 Å². The van der Waals surface area contributed by atoms with Crippen LogP contribution in [0.15, 0.2) is 0 Å². The van der Waals surface area contributed by atoms with Gasteiger partial charge in [0.1, 0.15) is 0 Å². The molecular weight excluding hydrogens is 264 g/mol. The summed E-state index contributed by atoms with van der Waals surface area (Å²) >= 11 is 0. The quantitative estimate of drug-likeness (QED) is 0.795. The van der Waals surface area contributed by atoms with E-state index in [9.17, 15) is 13.6 Å². The van der Waals surface area contributed by atoms with Crippen molar-refractivity contribution in [3.63, 3.8) is 0 Å². The molecule has 0 aromatic heterocycles. The largest absolute Gasteiger partial charge is 0.374 e. The lowest BCUT2D eigenvalue weighted by molar-refractivity contribution is -0.181. The lowest BCUT2D eigenvalue weighted by Crippen LogP contribution is -2.43. The van der Waals surface area contributed by atoms with Crippen molar-refractivity contribution in [2.24, 2.45) is 17.3 Å². The molecule has 3 fully saturated rings. The van der Waals surface area contributed by atoms with E-state index in [0.717, 1.165) is 13.1 Å². The van der Waals surface area contributed by atoms with Crippen LogP contribution >= 0.6 is 0 Å². The maximum Gasteiger partial charge on any atom is 0.253 e. The molecule has 1 saturated heterocycles. The third-order valence-corrected chi connectivity index (χ3v) is 5.41. The second-order valence-corrected chi connectivity index (χ2v) is 7.37. The minimum absolute atomic E-state index is 0.103. The van der Waals surface area contributed by atoms with Crippen LogP contribution in [-0.4, -0.2) is 42.0 Å². The summed E-state index contributed by atoms with van der Waals surface area (Å²) in [4.78, 5) is 14.1. The average Bonchev–Trinajstić information content (AvgIpc) is 2.68. The van der Waals surface area contributed by atoms with Crippen LogP contribution < -0.4 is 0 Å². The van der Waals surface area contributed by atoms with Crippen molar-refractivity contribution in [2.45, 2.75) is 58.2 Å². The summed E-state index contributed by atoms with van der Waals surface area (Å²) in [5.74, 6) is -1.16. The Labute approximate surface area is 118 Å². The summed E-state index contributed by atoms with van der Waals surface area (Å²) in [7, 11) is 0. The van der Waals surface area contributed by atoms with Gasteiger partial charge in [-0.2, -0.15) is 0 Å². The maximum atomic E-state index is 12.7. The Balaban J connectivity index is 1.39. The smallest absolute Gasteiger partial charge is 0.253 e. The van der Waals surface area contributed by atoms with E-state index in [2.05, 4.69) is 13.8 Å². The lowest BCUT2D eigenvalue weighted by Gasteiger charge is -2.36. The Kier molecular flexibility index (Phi) is 3.13. The highest BCUT2D eigenvalue weighted by Crippen LogP contribution is 2.61. The number of carbonyl (C=O) groups is 1. The van der Waals surface area contributed by atoms with Crippen molar-refractivity contribution in [1.29, 1.82) is 0 Å². The molecule has 114 valence electrons. The van der Waals surface area contributed by atoms with Crippen molar-refractivity contribution in [1.82, 2.24) is 4.90 Å². The van der Waals surface area contributed by atoms with Crippen molar-refractivity contribution in [2.75, 3.05) is 13.1 Å². The fraction of sp³-hybridized carbons (Fsp3) is 0.933. The highest BCUT2D eigenvalue weighted by atomic mass is 19.3. The highest BCUT2D eigenvalue weighted by molar-refractivity contribution is 5.77. The Morgan fingerprint density at radius 3 is 2.35 bits per heavy atom. The Morgan fingerprint density at radius 2 is 1.85 bits per heavy atom. The molecule has 0 N–H and O–H groups in total. The Hall–Kier alpha value is -0.710. The molecule has 0 aromatic carbocycles. The summed E-state index contributed by atoms with van der Waals surface area (Å²) in [6.45, 7) is 8.02. The maximum absolute atomic E-state index is 12.7. The van der Waals surface area contributed by atoms with E-state index in [0.29, 0.717) is 23.7 Å². The van der Waals surface area contributed by atoms with Gasteiger partial charge < -0.3 is 9.64 Å². The van der Waals surface area contributed by atoms with Gasteiger partial charge in [-0.25, -0.2) is 8.78 Å².